The number of aryl methyl sites for hydroxylation is 3. The summed E-state index contributed by atoms with van der Waals surface area (Å²) in [4.78, 5) is 20.4. The van der Waals surface area contributed by atoms with Gasteiger partial charge in [-0.3, -0.25) is 9.36 Å². The third kappa shape index (κ3) is 3.27. The lowest BCUT2D eigenvalue weighted by Gasteiger charge is -2.17. The van der Waals surface area contributed by atoms with Crippen LogP contribution in [0.5, 0.6) is 0 Å². The molecule has 0 fully saturated rings. The quantitative estimate of drug-likeness (QED) is 0.353. The average Bonchev–Trinajstić information content (AvgIpc) is 3.15. The van der Waals surface area contributed by atoms with Crippen LogP contribution in [0.4, 0.5) is 0 Å². The van der Waals surface area contributed by atoms with Gasteiger partial charge in [0.1, 0.15) is 10.6 Å². The molecule has 4 rings (SSSR count). The summed E-state index contributed by atoms with van der Waals surface area (Å²) in [5, 5.41) is 5.57. The van der Waals surface area contributed by atoms with Crippen LogP contribution in [-0.4, -0.2) is 14.7 Å². The number of nitrogens with zero attached hydrogens (tertiary/aromatic N) is 3. The molecule has 1 atom stereocenters. The van der Waals surface area contributed by atoms with Crippen molar-refractivity contribution < 1.29 is 4.52 Å². The molecule has 0 spiro atoms. The van der Waals surface area contributed by atoms with Gasteiger partial charge in [-0.15, -0.1) is 17.9 Å². The summed E-state index contributed by atoms with van der Waals surface area (Å²) in [7, 11) is 0. The molecule has 0 aliphatic heterocycles. The zero-order valence-electron chi connectivity index (χ0n) is 15.9. The van der Waals surface area contributed by atoms with E-state index in [2.05, 4.69) is 18.7 Å². The van der Waals surface area contributed by atoms with Crippen LogP contribution in [0.2, 0.25) is 0 Å². The van der Waals surface area contributed by atoms with Crippen molar-refractivity contribution in [2.45, 2.75) is 57.5 Å². The van der Waals surface area contributed by atoms with E-state index in [1.54, 1.807) is 33.7 Å². The summed E-state index contributed by atoms with van der Waals surface area (Å²) < 4.78 is 7.01. The topological polar surface area (TPSA) is 60.9 Å². The molecule has 3 aromatic heterocycles. The Morgan fingerprint density at radius 3 is 2.96 bits per heavy atom. The van der Waals surface area contributed by atoms with Gasteiger partial charge in [-0.2, -0.15) is 0 Å². The number of thiophene rings is 1. The van der Waals surface area contributed by atoms with E-state index in [0.29, 0.717) is 18.2 Å². The third-order valence-corrected chi connectivity index (χ3v) is 7.37. The fraction of sp³-hybridized carbons (Fsp3) is 0.450. The van der Waals surface area contributed by atoms with E-state index < -0.39 is 0 Å². The van der Waals surface area contributed by atoms with Gasteiger partial charge < -0.3 is 4.52 Å². The number of hydrogen-bond donors (Lipinski definition) is 0. The van der Waals surface area contributed by atoms with E-state index in [1.165, 1.54) is 10.4 Å². The van der Waals surface area contributed by atoms with Crippen LogP contribution in [0.3, 0.4) is 0 Å². The first-order valence-electron chi connectivity index (χ1n) is 9.20. The Morgan fingerprint density at radius 2 is 2.26 bits per heavy atom. The fourth-order valence-corrected chi connectivity index (χ4v) is 6.24. The fourth-order valence-electron chi connectivity index (χ4n) is 3.65. The van der Waals surface area contributed by atoms with Crippen LogP contribution < -0.4 is 5.56 Å². The van der Waals surface area contributed by atoms with Crippen LogP contribution >= 0.6 is 23.1 Å². The summed E-state index contributed by atoms with van der Waals surface area (Å²) >= 11 is 3.25. The van der Waals surface area contributed by atoms with E-state index in [0.717, 1.165) is 51.7 Å². The van der Waals surface area contributed by atoms with Crippen molar-refractivity contribution in [3.05, 3.63) is 50.5 Å². The van der Waals surface area contributed by atoms with Crippen LogP contribution in [0.15, 0.2) is 27.1 Å². The molecule has 0 N–H and O–H groups in total. The number of allylic oxidation sites excluding steroid dienone is 1. The highest BCUT2D eigenvalue weighted by Crippen LogP contribution is 2.37. The van der Waals surface area contributed by atoms with Crippen molar-refractivity contribution in [1.82, 2.24) is 14.7 Å². The summed E-state index contributed by atoms with van der Waals surface area (Å²) in [6.45, 7) is 10.4. The minimum absolute atomic E-state index is 0.0632. The van der Waals surface area contributed by atoms with Crippen molar-refractivity contribution in [3.63, 3.8) is 0 Å². The minimum Gasteiger partial charge on any atom is -0.361 e. The van der Waals surface area contributed by atoms with E-state index in [-0.39, 0.29) is 5.56 Å². The lowest BCUT2D eigenvalue weighted by molar-refractivity contribution is 0.392. The minimum atomic E-state index is 0.0632. The molecule has 0 saturated carbocycles. The first-order valence-corrected chi connectivity index (χ1v) is 11.0. The van der Waals surface area contributed by atoms with Crippen molar-refractivity contribution in [2.24, 2.45) is 5.92 Å². The zero-order valence-corrected chi connectivity index (χ0v) is 17.5. The number of rotatable bonds is 5. The maximum Gasteiger partial charge on any atom is 0.263 e. The molecule has 1 aliphatic rings. The average molecular weight is 402 g/mol. The monoisotopic (exact) mass is 401 g/mol. The van der Waals surface area contributed by atoms with E-state index in [9.17, 15) is 4.79 Å². The Labute approximate surface area is 166 Å². The Morgan fingerprint density at radius 1 is 1.44 bits per heavy atom. The molecular formula is C20H23N3O2S2. The maximum atomic E-state index is 13.3. The Kier molecular flexibility index (Phi) is 4.99. The van der Waals surface area contributed by atoms with Gasteiger partial charge in [0, 0.05) is 22.7 Å². The molecule has 5 nitrogen and oxygen atoms in total. The number of thioether (sulfide) groups is 1. The molecule has 7 heteroatoms. The SMILES string of the molecule is C=CCn1c(SCc2c(C)noc2C)nc2sc3c(c2c1=O)CC[C@H](C)C3. The smallest absolute Gasteiger partial charge is 0.263 e. The van der Waals surface area contributed by atoms with Gasteiger partial charge >= 0.3 is 0 Å². The Bertz CT molecular complexity index is 1060. The highest BCUT2D eigenvalue weighted by atomic mass is 32.2. The molecule has 0 bridgehead atoms. The second kappa shape index (κ2) is 7.28. The molecule has 3 aromatic rings. The van der Waals surface area contributed by atoms with E-state index in [4.69, 9.17) is 9.51 Å². The largest absolute Gasteiger partial charge is 0.361 e. The van der Waals surface area contributed by atoms with E-state index >= 15 is 0 Å². The number of hydrogen-bond acceptors (Lipinski definition) is 6. The summed E-state index contributed by atoms with van der Waals surface area (Å²) in [6.07, 6.45) is 4.93. The molecule has 0 amide bonds. The third-order valence-electron chi connectivity index (χ3n) is 5.22. The van der Waals surface area contributed by atoms with Gasteiger partial charge in [-0.1, -0.05) is 29.9 Å². The Hall–Kier alpha value is -1.86. The van der Waals surface area contributed by atoms with Crippen LogP contribution in [-0.2, 0) is 25.1 Å². The highest BCUT2D eigenvalue weighted by molar-refractivity contribution is 7.98. The van der Waals surface area contributed by atoms with Gasteiger partial charge in [0.05, 0.1) is 11.1 Å². The van der Waals surface area contributed by atoms with Gasteiger partial charge in [0.15, 0.2) is 5.16 Å². The predicted molar refractivity (Wildman–Crippen MR) is 111 cm³/mol. The second-order valence-corrected chi connectivity index (χ2v) is 9.25. The van der Waals surface area contributed by atoms with Crippen LogP contribution in [0.1, 0.15) is 40.8 Å². The second-order valence-electron chi connectivity index (χ2n) is 7.22. The highest BCUT2D eigenvalue weighted by Gasteiger charge is 2.24. The molecule has 0 radical (unpaired) electrons. The molecule has 0 saturated heterocycles. The molecular weight excluding hydrogens is 378 g/mol. The molecule has 3 heterocycles. The van der Waals surface area contributed by atoms with Gasteiger partial charge in [-0.05, 0) is 44.6 Å². The van der Waals surface area contributed by atoms with Crippen molar-refractivity contribution in [1.29, 1.82) is 0 Å². The lowest BCUT2D eigenvalue weighted by atomic mass is 9.89. The van der Waals surface area contributed by atoms with Gasteiger partial charge in [0.25, 0.3) is 5.56 Å². The number of aromatic nitrogens is 3. The van der Waals surface area contributed by atoms with Gasteiger partial charge in [0.2, 0.25) is 0 Å². The van der Waals surface area contributed by atoms with Crippen molar-refractivity contribution in [3.8, 4) is 0 Å². The van der Waals surface area contributed by atoms with Gasteiger partial charge in [-0.25, -0.2) is 4.98 Å². The summed E-state index contributed by atoms with van der Waals surface area (Å²) in [5.41, 5.74) is 3.25. The molecule has 27 heavy (non-hydrogen) atoms. The first-order chi connectivity index (χ1) is 13.0. The lowest BCUT2D eigenvalue weighted by Crippen LogP contribution is -2.23. The molecule has 0 aromatic carbocycles. The van der Waals surface area contributed by atoms with Crippen LogP contribution in [0, 0.1) is 19.8 Å². The molecule has 1 aliphatic carbocycles. The maximum absolute atomic E-state index is 13.3. The van der Waals surface area contributed by atoms with Crippen LogP contribution in [0.25, 0.3) is 10.2 Å². The van der Waals surface area contributed by atoms with Crippen molar-refractivity contribution >= 4 is 33.3 Å². The number of fused-ring (bicyclic) bond motifs is 3. The normalized spacial score (nSPS) is 16.6. The first kappa shape index (κ1) is 18.5. The molecule has 142 valence electrons. The van der Waals surface area contributed by atoms with Crippen molar-refractivity contribution in [2.75, 3.05) is 0 Å². The van der Waals surface area contributed by atoms with E-state index in [1.807, 2.05) is 13.8 Å². The molecule has 0 unspecified atom stereocenters. The summed E-state index contributed by atoms with van der Waals surface area (Å²) in [6, 6.07) is 0. The predicted octanol–water partition coefficient (Wildman–Crippen LogP) is 4.67. The Balaban J connectivity index is 1.79. The zero-order chi connectivity index (χ0) is 19.1. The summed E-state index contributed by atoms with van der Waals surface area (Å²) in [5.74, 6) is 2.17. The standard InChI is InChI=1S/C20H23N3O2S2/c1-5-8-23-19(24)17-14-7-6-11(2)9-16(14)27-18(17)21-20(23)26-10-15-12(3)22-25-13(15)4/h5,11H,1,6-10H2,2-4H3/t11-/m0/s1.